The molecule has 1 aliphatic rings. The lowest BCUT2D eigenvalue weighted by molar-refractivity contribution is -0.287. The highest BCUT2D eigenvalue weighted by molar-refractivity contribution is 5.89. The first-order chi connectivity index (χ1) is 12.0. The van der Waals surface area contributed by atoms with E-state index < -0.39 is 42.6 Å². The number of methoxy groups -OCH3 is 1. The summed E-state index contributed by atoms with van der Waals surface area (Å²) in [5, 5.41) is 45.1. The quantitative estimate of drug-likeness (QED) is 0.432. The number of aryl methyl sites for hydroxylation is 3. The zero-order chi connectivity index (χ0) is 20.2. The molecule has 0 saturated carbocycles. The molecule has 10 heteroatoms. The topological polar surface area (TPSA) is 185 Å². The summed E-state index contributed by atoms with van der Waals surface area (Å²) < 4.78 is 9.31. The van der Waals surface area contributed by atoms with Crippen LogP contribution in [0.5, 0.6) is 0 Å². The van der Waals surface area contributed by atoms with Gasteiger partial charge in [0, 0.05) is 7.11 Å². The summed E-state index contributed by atoms with van der Waals surface area (Å²) in [5.41, 5.74) is 3.39. The zero-order valence-electron chi connectivity index (χ0n) is 15.4. The molecular formula is C17H26O10. The van der Waals surface area contributed by atoms with Crippen molar-refractivity contribution in [2.24, 2.45) is 0 Å². The number of hydrogen-bond donors (Lipinski definition) is 5. The van der Waals surface area contributed by atoms with E-state index in [1.807, 2.05) is 26.8 Å². The van der Waals surface area contributed by atoms with Crippen LogP contribution in [-0.4, -0.2) is 80.8 Å². The van der Waals surface area contributed by atoms with Crippen molar-refractivity contribution in [2.75, 3.05) is 7.11 Å². The Bertz CT molecular complexity index is 657. The average Bonchev–Trinajstić information content (AvgIpc) is 2.56. The van der Waals surface area contributed by atoms with Gasteiger partial charge in [-0.15, -0.1) is 0 Å². The van der Waals surface area contributed by atoms with Crippen LogP contribution in [0.25, 0.3) is 0 Å². The molecule has 27 heavy (non-hydrogen) atoms. The van der Waals surface area contributed by atoms with Gasteiger partial charge in [-0.3, -0.25) is 0 Å². The molecular weight excluding hydrogens is 364 g/mol. The van der Waals surface area contributed by atoms with E-state index in [4.69, 9.17) is 14.9 Å². The number of aliphatic carboxylic acids is 1. The lowest BCUT2D eigenvalue weighted by Gasteiger charge is -2.37. The number of aliphatic hydroxyl groups excluding tert-OH is 3. The monoisotopic (exact) mass is 390 g/mol. The number of hydrogen-bond acceptors (Lipinski definition) is 7. The maximum absolute atomic E-state index is 10.7. The molecule has 1 fully saturated rings. The van der Waals surface area contributed by atoms with Crippen molar-refractivity contribution in [3.05, 3.63) is 34.4 Å². The van der Waals surface area contributed by atoms with Gasteiger partial charge in [0.15, 0.2) is 12.4 Å². The van der Waals surface area contributed by atoms with Crippen LogP contribution in [0.3, 0.4) is 0 Å². The van der Waals surface area contributed by atoms with E-state index in [0.717, 1.165) is 16.7 Å². The van der Waals surface area contributed by atoms with Crippen molar-refractivity contribution in [3.8, 4) is 0 Å². The molecule has 1 aliphatic heterocycles. The van der Waals surface area contributed by atoms with Gasteiger partial charge < -0.3 is 40.5 Å². The minimum atomic E-state index is -1.67. The minimum absolute atomic E-state index is 0. The van der Waals surface area contributed by atoms with Crippen molar-refractivity contribution >= 4 is 11.9 Å². The Morgan fingerprint density at radius 2 is 1.44 bits per heavy atom. The first-order valence-electron chi connectivity index (χ1n) is 7.77. The van der Waals surface area contributed by atoms with Gasteiger partial charge in [-0.25, -0.2) is 9.59 Å². The number of benzene rings is 1. The predicted octanol–water partition coefficient (Wildman–Crippen LogP) is -0.990. The number of ether oxygens (including phenoxy) is 2. The molecule has 1 aromatic rings. The fourth-order valence-electron chi connectivity index (χ4n) is 2.44. The largest absolute Gasteiger partial charge is 0.479 e. The second-order valence-electron chi connectivity index (χ2n) is 6.03. The molecule has 0 bridgehead atoms. The van der Waals surface area contributed by atoms with Crippen LogP contribution >= 0.6 is 0 Å². The summed E-state index contributed by atoms with van der Waals surface area (Å²) in [6.07, 6.45) is -7.60. The number of aromatic carboxylic acids is 1. The van der Waals surface area contributed by atoms with E-state index in [1.165, 1.54) is 7.11 Å². The third kappa shape index (κ3) is 5.96. The van der Waals surface area contributed by atoms with Crippen LogP contribution in [0.4, 0.5) is 0 Å². The highest BCUT2D eigenvalue weighted by Gasteiger charge is 2.47. The standard InChI is InChI=1S/C10H12O2.C7H12O7.H2O/c1-6-4-8(3)9(10(11)12)5-7(6)2;1-13-7-4(10)2(8)3(9)5(14-7)6(11)12;/h4-5H,1-3H3,(H,11,12);2-5,7-10H,1H3,(H,11,12);1H2/t;2-,3-,4+,5-,7+;/m.0./s1. The highest BCUT2D eigenvalue weighted by Crippen LogP contribution is 2.21. The number of carboxylic acid groups (broad SMARTS) is 2. The van der Waals surface area contributed by atoms with Crippen molar-refractivity contribution in [1.82, 2.24) is 0 Å². The van der Waals surface area contributed by atoms with E-state index in [-0.39, 0.29) is 5.48 Å². The third-order valence-corrected chi connectivity index (χ3v) is 4.12. The lowest BCUT2D eigenvalue weighted by atomic mass is 9.99. The fraction of sp³-hybridized carbons (Fsp3) is 0.529. The number of carbonyl (C=O) groups is 2. The number of aliphatic hydroxyl groups is 3. The van der Waals surface area contributed by atoms with Gasteiger partial charge in [0.25, 0.3) is 0 Å². The summed E-state index contributed by atoms with van der Waals surface area (Å²) in [4.78, 5) is 21.2. The molecule has 0 radical (unpaired) electrons. The third-order valence-electron chi connectivity index (χ3n) is 4.12. The van der Waals surface area contributed by atoms with Crippen LogP contribution in [0, 0.1) is 20.8 Å². The first kappa shape index (κ1) is 24.9. The highest BCUT2D eigenvalue weighted by atomic mass is 16.7. The van der Waals surface area contributed by atoms with Crippen LogP contribution < -0.4 is 0 Å². The molecule has 1 saturated heterocycles. The molecule has 154 valence electrons. The van der Waals surface area contributed by atoms with Crippen molar-refractivity contribution in [1.29, 1.82) is 0 Å². The Morgan fingerprint density at radius 3 is 1.89 bits per heavy atom. The maximum atomic E-state index is 10.7. The van der Waals surface area contributed by atoms with Gasteiger partial charge in [-0.05, 0) is 43.5 Å². The fourth-order valence-corrected chi connectivity index (χ4v) is 2.44. The van der Waals surface area contributed by atoms with Crippen molar-refractivity contribution in [2.45, 2.75) is 51.5 Å². The molecule has 0 aromatic heterocycles. The summed E-state index contributed by atoms with van der Waals surface area (Å²) >= 11 is 0. The van der Waals surface area contributed by atoms with Gasteiger partial charge in [0.2, 0.25) is 0 Å². The van der Waals surface area contributed by atoms with E-state index in [2.05, 4.69) is 4.74 Å². The maximum Gasteiger partial charge on any atom is 0.335 e. The molecule has 10 nitrogen and oxygen atoms in total. The zero-order valence-corrected chi connectivity index (χ0v) is 15.4. The summed E-state index contributed by atoms with van der Waals surface area (Å²) in [5.74, 6) is -2.28. The summed E-state index contributed by atoms with van der Waals surface area (Å²) in [6.45, 7) is 5.71. The smallest absolute Gasteiger partial charge is 0.335 e. The van der Waals surface area contributed by atoms with E-state index >= 15 is 0 Å². The second kappa shape index (κ2) is 10.3. The van der Waals surface area contributed by atoms with Gasteiger partial charge in [-0.1, -0.05) is 6.07 Å². The second-order valence-corrected chi connectivity index (χ2v) is 6.03. The van der Waals surface area contributed by atoms with Crippen LogP contribution in [0.2, 0.25) is 0 Å². The van der Waals surface area contributed by atoms with E-state index in [0.29, 0.717) is 5.56 Å². The number of rotatable bonds is 3. The lowest BCUT2D eigenvalue weighted by Crippen LogP contribution is -2.60. The molecule has 2 rings (SSSR count). The van der Waals surface area contributed by atoms with Gasteiger partial charge in [-0.2, -0.15) is 0 Å². The van der Waals surface area contributed by atoms with E-state index in [1.54, 1.807) is 6.07 Å². The molecule has 5 atom stereocenters. The first-order valence-corrected chi connectivity index (χ1v) is 7.77. The van der Waals surface area contributed by atoms with Crippen LogP contribution in [0.1, 0.15) is 27.0 Å². The predicted molar refractivity (Wildman–Crippen MR) is 92.6 cm³/mol. The summed E-state index contributed by atoms with van der Waals surface area (Å²) in [6, 6.07) is 3.62. The molecule has 0 aliphatic carbocycles. The Kier molecular flexibility index (Phi) is 9.51. The number of carboxylic acids is 2. The molecule has 1 heterocycles. The molecule has 7 N–H and O–H groups in total. The molecule has 0 unspecified atom stereocenters. The molecule has 1 aromatic carbocycles. The van der Waals surface area contributed by atoms with Crippen molar-refractivity contribution in [3.63, 3.8) is 0 Å². The van der Waals surface area contributed by atoms with E-state index in [9.17, 15) is 24.9 Å². The molecule has 0 spiro atoms. The average molecular weight is 390 g/mol. The van der Waals surface area contributed by atoms with Crippen LogP contribution in [-0.2, 0) is 14.3 Å². The Hall–Kier alpha value is -2.08. The van der Waals surface area contributed by atoms with Crippen molar-refractivity contribution < 1.29 is 50.1 Å². The normalized spacial score (nSPS) is 27.0. The Morgan fingerprint density at radius 1 is 0.926 bits per heavy atom. The SMILES string of the molecule is CO[C@@H]1O[C@H](C(=O)O)[C@@H](O)[C@H](O)[C@H]1O.Cc1cc(C)c(C(=O)O)cc1C.O. The van der Waals surface area contributed by atoms with Gasteiger partial charge in [0.05, 0.1) is 5.56 Å². The van der Waals surface area contributed by atoms with Gasteiger partial charge >= 0.3 is 11.9 Å². The van der Waals surface area contributed by atoms with Crippen LogP contribution in [0.15, 0.2) is 12.1 Å². The Labute approximate surface area is 155 Å². The minimum Gasteiger partial charge on any atom is -0.479 e. The Balaban J connectivity index is 0.000000488. The van der Waals surface area contributed by atoms with Gasteiger partial charge in [0.1, 0.15) is 18.3 Å². The molecule has 0 amide bonds. The summed E-state index contributed by atoms with van der Waals surface area (Å²) in [7, 11) is 1.19.